The van der Waals surface area contributed by atoms with Gasteiger partial charge in [0, 0.05) is 43.6 Å². The normalized spacial score (nSPS) is 14.0. The molecule has 4 rings (SSSR count). The lowest BCUT2D eigenvalue weighted by Crippen LogP contribution is -2.41. The maximum atomic E-state index is 13.6. The van der Waals surface area contributed by atoms with Crippen LogP contribution in [0.5, 0.6) is 0 Å². The van der Waals surface area contributed by atoms with Crippen molar-refractivity contribution < 1.29 is 14.0 Å². The molecular formula is C27H30FN3O2S. The average molecular weight is 480 g/mol. The molecule has 0 saturated heterocycles. The molecule has 1 N–H and O–H groups in total. The van der Waals surface area contributed by atoms with Gasteiger partial charge in [-0.3, -0.25) is 9.59 Å². The van der Waals surface area contributed by atoms with Crippen LogP contribution in [-0.2, 0) is 6.54 Å². The molecule has 2 amide bonds. The SMILES string of the molecule is CN(C)c1ccc(NC(=O)c2cccs2)cc1CN(C(=O)c1ccc(F)cc1)C1CCCCC1. The van der Waals surface area contributed by atoms with E-state index in [1.165, 1.54) is 29.9 Å². The molecule has 0 atom stereocenters. The summed E-state index contributed by atoms with van der Waals surface area (Å²) in [5.74, 6) is -0.598. The van der Waals surface area contributed by atoms with E-state index in [0.717, 1.165) is 36.9 Å². The Labute approximate surface area is 204 Å². The summed E-state index contributed by atoms with van der Waals surface area (Å²) in [5.41, 5.74) is 3.12. The number of carbonyl (C=O) groups is 2. The fourth-order valence-corrected chi connectivity index (χ4v) is 5.15. The molecule has 2 aromatic carbocycles. The van der Waals surface area contributed by atoms with Crippen molar-refractivity contribution in [1.82, 2.24) is 4.90 Å². The van der Waals surface area contributed by atoms with Gasteiger partial charge in [-0.05, 0) is 72.3 Å². The highest BCUT2D eigenvalue weighted by molar-refractivity contribution is 7.12. The number of rotatable bonds is 7. The van der Waals surface area contributed by atoms with Crippen molar-refractivity contribution in [1.29, 1.82) is 0 Å². The van der Waals surface area contributed by atoms with Gasteiger partial charge in [-0.2, -0.15) is 0 Å². The molecule has 178 valence electrons. The fourth-order valence-electron chi connectivity index (χ4n) is 4.53. The van der Waals surface area contributed by atoms with Crippen molar-refractivity contribution in [2.45, 2.75) is 44.7 Å². The third-order valence-electron chi connectivity index (χ3n) is 6.27. The number of carbonyl (C=O) groups excluding carboxylic acids is 2. The van der Waals surface area contributed by atoms with E-state index >= 15 is 0 Å². The van der Waals surface area contributed by atoms with E-state index in [-0.39, 0.29) is 23.7 Å². The fraction of sp³-hybridized carbons (Fsp3) is 0.333. The summed E-state index contributed by atoms with van der Waals surface area (Å²) in [4.78, 5) is 30.8. The lowest BCUT2D eigenvalue weighted by molar-refractivity contribution is 0.0614. The van der Waals surface area contributed by atoms with Crippen molar-refractivity contribution in [2.24, 2.45) is 0 Å². The Morgan fingerprint density at radius 3 is 2.41 bits per heavy atom. The molecule has 1 aliphatic rings. The Kier molecular flexibility index (Phi) is 7.63. The Morgan fingerprint density at radius 1 is 1.03 bits per heavy atom. The molecular weight excluding hydrogens is 449 g/mol. The van der Waals surface area contributed by atoms with Gasteiger partial charge in [-0.1, -0.05) is 25.3 Å². The third-order valence-corrected chi connectivity index (χ3v) is 7.14. The minimum Gasteiger partial charge on any atom is -0.377 e. The molecule has 1 aromatic heterocycles. The summed E-state index contributed by atoms with van der Waals surface area (Å²) in [6, 6.07) is 15.4. The number of anilines is 2. The van der Waals surface area contributed by atoms with Crippen LogP contribution in [0.15, 0.2) is 60.0 Å². The highest BCUT2D eigenvalue weighted by atomic mass is 32.1. The zero-order valence-corrected chi connectivity index (χ0v) is 20.4. The monoisotopic (exact) mass is 479 g/mol. The van der Waals surface area contributed by atoms with E-state index < -0.39 is 0 Å². The van der Waals surface area contributed by atoms with Crippen molar-refractivity contribution in [3.05, 3.63) is 81.8 Å². The number of amides is 2. The number of nitrogens with one attached hydrogen (secondary N) is 1. The van der Waals surface area contributed by atoms with Crippen molar-refractivity contribution in [3.8, 4) is 0 Å². The van der Waals surface area contributed by atoms with Crippen LogP contribution in [0, 0.1) is 5.82 Å². The molecule has 1 aliphatic carbocycles. The van der Waals surface area contributed by atoms with Crippen LogP contribution in [0.25, 0.3) is 0 Å². The second-order valence-corrected chi connectivity index (χ2v) is 9.85. The molecule has 34 heavy (non-hydrogen) atoms. The molecule has 1 heterocycles. The molecule has 1 saturated carbocycles. The zero-order chi connectivity index (χ0) is 24.1. The number of thiophene rings is 1. The quantitative estimate of drug-likeness (QED) is 0.440. The summed E-state index contributed by atoms with van der Waals surface area (Å²) in [6.07, 6.45) is 5.28. The minimum absolute atomic E-state index is 0.0929. The van der Waals surface area contributed by atoms with E-state index in [1.54, 1.807) is 18.2 Å². The van der Waals surface area contributed by atoms with E-state index in [4.69, 9.17) is 0 Å². The Morgan fingerprint density at radius 2 is 1.76 bits per heavy atom. The number of hydrogen-bond acceptors (Lipinski definition) is 4. The maximum absolute atomic E-state index is 13.6. The van der Waals surface area contributed by atoms with Crippen LogP contribution in [0.4, 0.5) is 15.8 Å². The highest BCUT2D eigenvalue weighted by Crippen LogP contribution is 2.30. The van der Waals surface area contributed by atoms with Gasteiger partial charge in [0.25, 0.3) is 11.8 Å². The lowest BCUT2D eigenvalue weighted by atomic mass is 9.93. The second-order valence-electron chi connectivity index (χ2n) is 8.90. The molecule has 3 aromatic rings. The van der Waals surface area contributed by atoms with Gasteiger partial charge in [0.05, 0.1) is 4.88 Å². The first-order chi connectivity index (χ1) is 16.4. The summed E-state index contributed by atoms with van der Waals surface area (Å²) in [5, 5.41) is 4.85. The molecule has 0 spiro atoms. The number of halogens is 1. The Bertz CT molecular complexity index is 1120. The highest BCUT2D eigenvalue weighted by Gasteiger charge is 2.27. The number of nitrogens with zero attached hydrogens (tertiary/aromatic N) is 2. The van der Waals surface area contributed by atoms with Gasteiger partial charge in [0.1, 0.15) is 5.82 Å². The standard InChI is InChI=1S/C27H30FN3O2S/c1-30(2)24-15-14-22(29-26(32)25-9-6-16-34-25)17-20(24)18-31(23-7-4-3-5-8-23)27(33)19-10-12-21(28)13-11-19/h6,9-17,23H,3-5,7-8,18H2,1-2H3,(H,29,32). The van der Waals surface area contributed by atoms with Gasteiger partial charge in [0.2, 0.25) is 0 Å². The molecule has 7 heteroatoms. The molecule has 0 radical (unpaired) electrons. The summed E-state index contributed by atoms with van der Waals surface area (Å²) >= 11 is 1.39. The Balaban J connectivity index is 1.65. The molecule has 1 fully saturated rings. The first-order valence-corrected chi connectivity index (χ1v) is 12.5. The zero-order valence-electron chi connectivity index (χ0n) is 19.6. The lowest BCUT2D eigenvalue weighted by Gasteiger charge is -2.35. The van der Waals surface area contributed by atoms with Crippen LogP contribution in [0.3, 0.4) is 0 Å². The first kappa shape index (κ1) is 24.0. The van der Waals surface area contributed by atoms with Crippen LogP contribution < -0.4 is 10.2 Å². The number of hydrogen-bond donors (Lipinski definition) is 1. The summed E-state index contributed by atoms with van der Waals surface area (Å²) in [7, 11) is 3.94. The van der Waals surface area contributed by atoms with Crippen LogP contribution in [0.2, 0.25) is 0 Å². The second kappa shape index (κ2) is 10.8. The first-order valence-electron chi connectivity index (χ1n) is 11.6. The van der Waals surface area contributed by atoms with E-state index in [9.17, 15) is 14.0 Å². The topological polar surface area (TPSA) is 52.7 Å². The van der Waals surface area contributed by atoms with Crippen molar-refractivity contribution in [2.75, 3.05) is 24.3 Å². The summed E-state index contributed by atoms with van der Waals surface area (Å²) < 4.78 is 13.5. The third kappa shape index (κ3) is 5.65. The van der Waals surface area contributed by atoms with Crippen LogP contribution in [0.1, 0.15) is 57.7 Å². The van der Waals surface area contributed by atoms with Crippen molar-refractivity contribution >= 4 is 34.5 Å². The average Bonchev–Trinajstić information content (AvgIpc) is 3.38. The summed E-state index contributed by atoms with van der Waals surface area (Å²) in [6.45, 7) is 0.414. The van der Waals surface area contributed by atoms with Crippen LogP contribution >= 0.6 is 11.3 Å². The smallest absolute Gasteiger partial charge is 0.265 e. The van der Waals surface area contributed by atoms with Gasteiger partial charge >= 0.3 is 0 Å². The Hall–Kier alpha value is -3.19. The molecule has 0 bridgehead atoms. The predicted octanol–water partition coefficient (Wildman–Crippen LogP) is 6.18. The van der Waals surface area contributed by atoms with E-state index in [2.05, 4.69) is 5.32 Å². The number of benzene rings is 2. The van der Waals surface area contributed by atoms with Gasteiger partial charge in [-0.25, -0.2) is 4.39 Å². The van der Waals surface area contributed by atoms with Crippen molar-refractivity contribution in [3.63, 3.8) is 0 Å². The predicted molar refractivity (Wildman–Crippen MR) is 136 cm³/mol. The van der Waals surface area contributed by atoms with Gasteiger partial charge in [0.15, 0.2) is 0 Å². The largest absolute Gasteiger partial charge is 0.377 e. The van der Waals surface area contributed by atoms with E-state index in [1.807, 2.05) is 53.5 Å². The molecule has 0 unspecified atom stereocenters. The maximum Gasteiger partial charge on any atom is 0.265 e. The van der Waals surface area contributed by atoms with E-state index in [0.29, 0.717) is 22.7 Å². The van der Waals surface area contributed by atoms with Gasteiger partial charge in [-0.15, -0.1) is 11.3 Å². The molecule has 5 nitrogen and oxygen atoms in total. The molecule has 0 aliphatic heterocycles. The van der Waals surface area contributed by atoms with Gasteiger partial charge < -0.3 is 15.1 Å². The van der Waals surface area contributed by atoms with Crippen LogP contribution in [-0.4, -0.2) is 36.9 Å². The minimum atomic E-state index is -0.357.